The third kappa shape index (κ3) is 2.26. The summed E-state index contributed by atoms with van der Waals surface area (Å²) in [6, 6.07) is 0. The van der Waals surface area contributed by atoms with Crippen LogP contribution in [-0.2, 0) is 0 Å². The molecule has 0 atom stereocenters. The maximum absolute atomic E-state index is 10.1. The van der Waals surface area contributed by atoms with Gasteiger partial charge in [-0.15, -0.1) is 0 Å². The Hall–Kier alpha value is -0.120. The van der Waals surface area contributed by atoms with E-state index in [0.717, 1.165) is 0 Å². The quantitative estimate of drug-likeness (QED) is 0.333. The van der Waals surface area contributed by atoms with Gasteiger partial charge in [-0.3, -0.25) is 9.97 Å². The van der Waals surface area contributed by atoms with Crippen LogP contribution in [0.2, 0.25) is 0 Å². The Kier molecular flexibility index (Phi) is 3.77. The van der Waals surface area contributed by atoms with E-state index >= 15 is 0 Å². The van der Waals surface area contributed by atoms with Gasteiger partial charge in [0.05, 0.1) is 0 Å². The second-order valence-corrected chi connectivity index (χ2v) is 1.04. The van der Waals surface area contributed by atoms with Crippen LogP contribution in [0.3, 0.4) is 0 Å². The van der Waals surface area contributed by atoms with Crippen LogP contribution in [0, 0.1) is 0 Å². The van der Waals surface area contributed by atoms with Crippen molar-refractivity contribution in [2.45, 2.75) is 0 Å². The molecule has 0 fully saturated rings. The minimum atomic E-state index is -0.289. The molecular formula is C4H3N2NaO. The molecule has 1 heterocycles. The summed E-state index contributed by atoms with van der Waals surface area (Å²) in [5, 5.41) is 10.1. The van der Waals surface area contributed by atoms with Crippen molar-refractivity contribution in [1.82, 2.24) is 9.97 Å². The fourth-order valence-electron chi connectivity index (χ4n) is 0.285. The van der Waals surface area contributed by atoms with Crippen LogP contribution in [-0.4, -0.2) is 9.97 Å². The van der Waals surface area contributed by atoms with E-state index in [1.807, 2.05) is 0 Å². The molecule has 0 saturated heterocycles. The minimum absolute atomic E-state index is 0. The van der Waals surface area contributed by atoms with Crippen LogP contribution in [0.1, 0.15) is 0 Å². The van der Waals surface area contributed by atoms with Gasteiger partial charge in [0.15, 0.2) is 0 Å². The van der Waals surface area contributed by atoms with Crippen LogP contribution >= 0.6 is 0 Å². The maximum Gasteiger partial charge on any atom is 1.00 e. The molecule has 36 valence electrons. The number of nitrogens with zero attached hydrogens (tertiary/aromatic N) is 2. The van der Waals surface area contributed by atoms with Crippen molar-refractivity contribution < 1.29 is 34.7 Å². The predicted molar refractivity (Wildman–Crippen MR) is 21.5 cm³/mol. The van der Waals surface area contributed by atoms with E-state index in [1.54, 1.807) is 0 Å². The molecule has 0 saturated carbocycles. The van der Waals surface area contributed by atoms with Crippen molar-refractivity contribution in [3.8, 4) is 5.88 Å². The van der Waals surface area contributed by atoms with Crippen LogP contribution in [0.15, 0.2) is 18.6 Å². The molecule has 0 unspecified atom stereocenters. The molecule has 1 aromatic rings. The molecule has 0 aliphatic carbocycles. The number of rotatable bonds is 0. The standard InChI is InChI=1S/C4H4N2O.Na/c7-4-3-5-1-2-6-4;/h1-3H,(H,6,7);/q;+1/p-1. The summed E-state index contributed by atoms with van der Waals surface area (Å²) in [6.07, 6.45) is 3.99. The van der Waals surface area contributed by atoms with E-state index in [1.165, 1.54) is 18.6 Å². The number of hydrogen-bond acceptors (Lipinski definition) is 3. The van der Waals surface area contributed by atoms with Crippen LogP contribution in [0.25, 0.3) is 0 Å². The first kappa shape index (κ1) is 7.88. The summed E-state index contributed by atoms with van der Waals surface area (Å²) in [5.74, 6) is -0.289. The van der Waals surface area contributed by atoms with Crippen molar-refractivity contribution in [3.05, 3.63) is 18.6 Å². The average Bonchev–Trinajstić information content (AvgIpc) is 1.69. The summed E-state index contributed by atoms with van der Waals surface area (Å²) in [6.45, 7) is 0. The largest absolute Gasteiger partial charge is 1.00 e. The van der Waals surface area contributed by atoms with E-state index in [4.69, 9.17) is 0 Å². The molecule has 0 aliphatic rings. The van der Waals surface area contributed by atoms with Crippen LogP contribution in [0.5, 0.6) is 5.88 Å². The predicted octanol–water partition coefficient (Wildman–Crippen LogP) is -3.45. The number of hydrogen-bond donors (Lipinski definition) is 0. The Morgan fingerprint density at radius 2 is 2.12 bits per heavy atom. The zero-order valence-corrected chi connectivity index (χ0v) is 6.53. The average molecular weight is 118 g/mol. The van der Waals surface area contributed by atoms with Crippen LogP contribution in [0.4, 0.5) is 0 Å². The van der Waals surface area contributed by atoms with Gasteiger partial charge in [0.25, 0.3) is 0 Å². The minimum Gasteiger partial charge on any atom is -0.858 e. The van der Waals surface area contributed by atoms with E-state index in [0.29, 0.717) is 0 Å². The molecule has 0 spiro atoms. The van der Waals surface area contributed by atoms with Crippen molar-refractivity contribution in [3.63, 3.8) is 0 Å². The second kappa shape index (κ2) is 3.83. The van der Waals surface area contributed by atoms with Gasteiger partial charge in [0.2, 0.25) is 0 Å². The maximum atomic E-state index is 10.1. The Balaban J connectivity index is 0.000000490. The van der Waals surface area contributed by atoms with Crippen molar-refractivity contribution in [1.29, 1.82) is 0 Å². The van der Waals surface area contributed by atoms with Crippen molar-refractivity contribution >= 4 is 0 Å². The topological polar surface area (TPSA) is 48.8 Å². The Bertz CT molecular complexity index is 144. The van der Waals surface area contributed by atoms with Gasteiger partial charge < -0.3 is 5.11 Å². The molecular weight excluding hydrogens is 115 g/mol. The van der Waals surface area contributed by atoms with Gasteiger partial charge in [-0.2, -0.15) is 0 Å². The molecule has 0 aliphatic heterocycles. The third-order valence-corrected chi connectivity index (χ3v) is 0.539. The van der Waals surface area contributed by atoms with E-state index in [2.05, 4.69) is 9.97 Å². The first-order valence-electron chi connectivity index (χ1n) is 1.82. The van der Waals surface area contributed by atoms with E-state index in [9.17, 15) is 5.11 Å². The molecule has 3 nitrogen and oxygen atoms in total. The molecule has 0 aromatic carbocycles. The smallest absolute Gasteiger partial charge is 0.858 e. The van der Waals surface area contributed by atoms with Gasteiger partial charge in [0, 0.05) is 24.5 Å². The fraction of sp³-hybridized carbons (Fsp3) is 0. The monoisotopic (exact) mass is 118 g/mol. The summed E-state index contributed by atoms with van der Waals surface area (Å²) < 4.78 is 0. The van der Waals surface area contributed by atoms with Gasteiger partial charge in [-0.1, -0.05) is 0 Å². The molecule has 1 rings (SSSR count). The molecule has 1 aromatic heterocycles. The molecule has 4 heteroatoms. The zero-order chi connectivity index (χ0) is 5.11. The summed E-state index contributed by atoms with van der Waals surface area (Å²) in [4.78, 5) is 6.87. The first-order valence-corrected chi connectivity index (χ1v) is 1.82. The molecule has 0 radical (unpaired) electrons. The molecule has 0 bridgehead atoms. The number of aromatic nitrogens is 2. The van der Waals surface area contributed by atoms with Gasteiger partial charge in [-0.05, 0) is 0 Å². The third-order valence-electron chi connectivity index (χ3n) is 0.539. The van der Waals surface area contributed by atoms with Gasteiger partial charge >= 0.3 is 29.6 Å². The van der Waals surface area contributed by atoms with E-state index in [-0.39, 0.29) is 35.4 Å². The Morgan fingerprint density at radius 1 is 1.38 bits per heavy atom. The Morgan fingerprint density at radius 3 is 2.38 bits per heavy atom. The van der Waals surface area contributed by atoms with Gasteiger partial charge in [0.1, 0.15) is 0 Å². The van der Waals surface area contributed by atoms with E-state index < -0.39 is 0 Å². The van der Waals surface area contributed by atoms with Gasteiger partial charge in [-0.25, -0.2) is 0 Å². The molecule has 0 amide bonds. The summed E-state index contributed by atoms with van der Waals surface area (Å²) >= 11 is 0. The summed E-state index contributed by atoms with van der Waals surface area (Å²) in [7, 11) is 0. The van der Waals surface area contributed by atoms with Crippen molar-refractivity contribution in [2.75, 3.05) is 0 Å². The molecule has 8 heavy (non-hydrogen) atoms. The second-order valence-electron chi connectivity index (χ2n) is 1.04. The fourth-order valence-corrected chi connectivity index (χ4v) is 0.285. The summed E-state index contributed by atoms with van der Waals surface area (Å²) in [5.41, 5.74) is 0. The Labute approximate surface area is 69.1 Å². The first-order chi connectivity index (χ1) is 3.39. The SMILES string of the molecule is [Na+].[O-]c1cnccn1. The molecule has 0 N–H and O–H groups in total. The normalized spacial score (nSPS) is 7.50. The zero-order valence-electron chi connectivity index (χ0n) is 4.53. The van der Waals surface area contributed by atoms with Crippen LogP contribution < -0.4 is 34.7 Å². The van der Waals surface area contributed by atoms with Crippen molar-refractivity contribution in [2.24, 2.45) is 0 Å².